The topological polar surface area (TPSA) is 80.2 Å². The van der Waals surface area contributed by atoms with Crippen LogP contribution in [-0.4, -0.2) is 54.5 Å². The molecule has 4 heterocycles. The van der Waals surface area contributed by atoms with Crippen LogP contribution in [0.5, 0.6) is 0 Å². The summed E-state index contributed by atoms with van der Waals surface area (Å²) in [7, 11) is 5.85. The van der Waals surface area contributed by atoms with E-state index in [0.29, 0.717) is 36.0 Å². The molecule has 7 nitrogen and oxygen atoms in total. The van der Waals surface area contributed by atoms with Crippen molar-refractivity contribution < 1.29 is 9.53 Å². The number of nitrogens with zero attached hydrogens (tertiary/aromatic N) is 4. The molecule has 1 aromatic carbocycles. The summed E-state index contributed by atoms with van der Waals surface area (Å²) in [5.74, 6) is 0.943. The fourth-order valence-electron chi connectivity index (χ4n) is 4.27. The van der Waals surface area contributed by atoms with Crippen molar-refractivity contribution in [3.05, 3.63) is 41.2 Å². The number of para-hydroxylation sites is 1. The van der Waals surface area contributed by atoms with Gasteiger partial charge in [0.25, 0.3) is 5.91 Å². The van der Waals surface area contributed by atoms with Crippen LogP contribution < -0.4 is 10.2 Å². The Hall–Kier alpha value is -2.52. The number of anilines is 2. The zero-order chi connectivity index (χ0) is 20.5. The van der Waals surface area contributed by atoms with Crippen LogP contribution in [0.3, 0.4) is 0 Å². The fourth-order valence-corrected chi connectivity index (χ4v) is 5.08. The molecule has 0 spiro atoms. The third-order valence-corrected chi connectivity index (χ3v) is 6.73. The first-order valence-electron chi connectivity index (χ1n) is 10.3. The Morgan fingerprint density at radius 2 is 2.10 bits per heavy atom. The summed E-state index contributed by atoms with van der Waals surface area (Å²) in [5, 5.41) is 3.50. The van der Waals surface area contributed by atoms with Gasteiger partial charge in [-0.25, -0.2) is 15.0 Å². The van der Waals surface area contributed by atoms with E-state index in [2.05, 4.69) is 43.4 Å². The number of aromatic nitrogens is 3. The molecule has 1 fully saturated rings. The van der Waals surface area contributed by atoms with E-state index < -0.39 is 0 Å². The van der Waals surface area contributed by atoms with E-state index in [4.69, 9.17) is 12.6 Å². The van der Waals surface area contributed by atoms with Crippen LogP contribution in [0.15, 0.2) is 30.6 Å². The SMILES string of the molecule is [B]CCC1CN(c2ncnc3sc(C(=O)NC4CCOCC4)nc23)c2ccccc21. The van der Waals surface area contributed by atoms with Gasteiger partial charge in [-0.3, -0.25) is 4.79 Å². The minimum Gasteiger partial charge on any atom is -0.381 e. The Balaban J connectivity index is 1.47. The lowest BCUT2D eigenvalue weighted by atomic mass is 9.90. The van der Waals surface area contributed by atoms with Crippen LogP contribution in [0, 0.1) is 0 Å². The number of carbonyl (C=O) groups excluding carboxylic acids is 1. The van der Waals surface area contributed by atoms with E-state index in [-0.39, 0.29) is 11.9 Å². The number of rotatable bonds is 5. The third-order valence-electron chi connectivity index (χ3n) is 5.77. The molecule has 0 bridgehead atoms. The van der Waals surface area contributed by atoms with Crippen molar-refractivity contribution in [2.75, 3.05) is 24.7 Å². The molecule has 2 radical (unpaired) electrons. The summed E-state index contributed by atoms with van der Waals surface area (Å²) in [6.45, 7) is 2.15. The second kappa shape index (κ2) is 8.31. The molecule has 2 aliphatic heterocycles. The van der Waals surface area contributed by atoms with Crippen LogP contribution in [0.25, 0.3) is 10.3 Å². The number of ether oxygens (including phenoxy) is 1. The van der Waals surface area contributed by atoms with Crippen molar-refractivity contribution in [2.24, 2.45) is 0 Å². The molecular weight excluding hydrogens is 397 g/mol. The number of fused-ring (bicyclic) bond motifs is 2. The maximum atomic E-state index is 12.8. The molecule has 5 rings (SSSR count). The maximum Gasteiger partial charge on any atom is 0.280 e. The normalized spacial score (nSPS) is 19.2. The lowest BCUT2D eigenvalue weighted by molar-refractivity contribution is 0.0696. The number of nitrogens with one attached hydrogen (secondary N) is 1. The third kappa shape index (κ3) is 3.56. The highest BCUT2D eigenvalue weighted by atomic mass is 32.1. The van der Waals surface area contributed by atoms with E-state index >= 15 is 0 Å². The first kappa shape index (κ1) is 19.4. The summed E-state index contributed by atoms with van der Waals surface area (Å²) >= 11 is 1.31. The Morgan fingerprint density at radius 1 is 1.27 bits per heavy atom. The van der Waals surface area contributed by atoms with Gasteiger partial charge in [-0.05, 0) is 24.5 Å². The van der Waals surface area contributed by atoms with Crippen molar-refractivity contribution in [1.82, 2.24) is 20.3 Å². The van der Waals surface area contributed by atoms with Gasteiger partial charge < -0.3 is 15.0 Å². The minimum atomic E-state index is -0.154. The van der Waals surface area contributed by atoms with Gasteiger partial charge in [-0.1, -0.05) is 42.3 Å². The molecule has 1 unspecified atom stereocenters. The molecule has 1 amide bonds. The van der Waals surface area contributed by atoms with Gasteiger partial charge in [0.1, 0.15) is 16.7 Å². The highest BCUT2D eigenvalue weighted by Gasteiger charge is 2.31. The van der Waals surface area contributed by atoms with Gasteiger partial charge in [0.2, 0.25) is 0 Å². The van der Waals surface area contributed by atoms with E-state index in [9.17, 15) is 4.79 Å². The quantitative estimate of drug-likeness (QED) is 0.640. The Labute approximate surface area is 180 Å². The standard InChI is InChI=1S/C21H22BN5O2S/c22-8-5-13-11-27(16-4-2-1-3-15(13)16)18-17-20(24-12-23-18)30-21(26-17)19(28)25-14-6-9-29-10-7-14/h1-4,12-14H,5-11H2,(H,25,28). The zero-order valence-electron chi connectivity index (χ0n) is 16.6. The van der Waals surface area contributed by atoms with Crippen LogP contribution in [-0.2, 0) is 4.74 Å². The summed E-state index contributed by atoms with van der Waals surface area (Å²) in [6, 6.07) is 8.48. The monoisotopic (exact) mass is 419 g/mol. The Kier molecular flexibility index (Phi) is 5.39. The van der Waals surface area contributed by atoms with Crippen molar-refractivity contribution in [3.63, 3.8) is 0 Å². The summed E-state index contributed by atoms with van der Waals surface area (Å²) in [5.41, 5.74) is 3.07. The van der Waals surface area contributed by atoms with Crippen molar-refractivity contribution in [2.45, 2.75) is 37.5 Å². The van der Waals surface area contributed by atoms with Gasteiger partial charge >= 0.3 is 0 Å². The summed E-state index contributed by atoms with van der Waals surface area (Å²) in [6.07, 6.45) is 4.76. The van der Waals surface area contributed by atoms with Gasteiger partial charge in [-0.15, -0.1) is 0 Å². The number of benzene rings is 1. The van der Waals surface area contributed by atoms with Crippen LogP contribution in [0.4, 0.5) is 11.5 Å². The fraction of sp³-hybridized carbons (Fsp3) is 0.429. The molecule has 152 valence electrons. The first-order chi connectivity index (χ1) is 14.7. The predicted octanol–water partition coefficient (Wildman–Crippen LogP) is 3.21. The van der Waals surface area contributed by atoms with E-state index in [0.717, 1.165) is 42.1 Å². The number of thiazole rings is 1. The van der Waals surface area contributed by atoms with E-state index in [1.54, 1.807) is 6.33 Å². The number of carbonyl (C=O) groups is 1. The molecule has 1 saturated heterocycles. The smallest absolute Gasteiger partial charge is 0.280 e. The second-order valence-electron chi connectivity index (χ2n) is 7.67. The van der Waals surface area contributed by atoms with Crippen LogP contribution >= 0.6 is 11.3 Å². The summed E-state index contributed by atoms with van der Waals surface area (Å²) in [4.78, 5) is 29.2. The number of hydrogen-bond donors (Lipinski definition) is 1. The number of hydrogen-bond acceptors (Lipinski definition) is 7. The molecule has 2 aliphatic rings. The molecule has 1 N–H and O–H groups in total. The van der Waals surface area contributed by atoms with Crippen molar-refractivity contribution in [3.8, 4) is 0 Å². The minimum absolute atomic E-state index is 0.131. The van der Waals surface area contributed by atoms with Crippen molar-refractivity contribution >= 4 is 46.9 Å². The van der Waals surface area contributed by atoms with Crippen molar-refractivity contribution in [1.29, 1.82) is 0 Å². The largest absolute Gasteiger partial charge is 0.381 e. The molecule has 0 aliphatic carbocycles. The van der Waals surface area contributed by atoms with Gasteiger partial charge in [0.05, 0.1) is 7.85 Å². The van der Waals surface area contributed by atoms with E-state index in [1.807, 2.05) is 6.07 Å². The molecule has 3 aromatic rings. The Morgan fingerprint density at radius 3 is 2.93 bits per heavy atom. The average Bonchev–Trinajstić information content (AvgIpc) is 3.37. The Bertz CT molecular complexity index is 1070. The molecule has 9 heteroatoms. The van der Waals surface area contributed by atoms with E-state index in [1.165, 1.54) is 16.9 Å². The lowest BCUT2D eigenvalue weighted by Gasteiger charge is -2.22. The highest BCUT2D eigenvalue weighted by molar-refractivity contribution is 7.20. The molecule has 30 heavy (non-hydrogen) atoms. The lowest BCUT2D eigenvalue weighted by Crippen LogP contribution is -2.38. The van der Waals surface area contributed by atoms with Crippen LogP contribution in [0.2, 0.25) is 6.32 Å². The number of amides is 1. The highest BCUT2D eigenvalue weighted by Crippen LogP contribution is 2.43. The molecule has 0 saturated carbocycles. The first-order valence-corrected chi connectivity index (χ1v) is 11.1. The average molecular weight is 419 g/mol. The zero-order valence-corrected chi connectivity index (χ0v) is 17.4. The van der Waals surface area contributed by atoms with Gasteiger partial charge in [0.15, 0.2) is 10.8 Å². The predicted molar refractivity (Wildman–Crippen MR) is 118 cm³/mol. The maximum absolute atomic E-state index is 12.8. The van der Waals surface area contributed by atoms with Gasteiger partial charge in [0, 0.05) is 37.4 Å². The molecule has 2 aromatic heterocycles. The second-order valence-corrected chi connectivity index (χ2v) is 8.65. The van der Waals surface area contributed by atoms with Gasteiger partial charge in [-0.2, -0.15) is 0 Å². The molecule has 1 atom stereocenters. The summed E-state index contributed by atoms with van der Waals surface area (Å²) < 4.78 is 5.37. The van der Waals surface area contributed by atoms with Crippen LogP contribution in [0.1, 0.15) is 40.5 Å². The molecular formula is C21H22BN5O2S.